The summed E-state index contributed by atoms with van der Waals surface area (Å²) in [5, 5.41) is 5.99. The van der Waals surface area contributed by atoms with Crippen LogP contribution in [0.5, 0.6) is 0 Å². The van der Waals surface area contributed by atoms with Crippen molar-refractivity contribution in [2.45, 2.75) is 38.1 Å². The monoisotopic (exact) mass is 337 g/mol. The van der Waals surface area contributed by atoms with Crippen LogP contribution in [0.3, 0.4) is 0 Å². The number of amides is 2. The van der Waals surface area contributed by atoms with Gasteiger partial charge in [-0.2, -0.15) is 0 Å². The maximum atomic E-state index is 12.4. The van der Waals surface area contributed by atoms with E-state index in [4.69, 9.17) is 0 Å². The van der Waals surface area contributed by atoms with Gasteiger partial charge in [-0.1, -0.05) is 24.6 Å². The van der Waals surface area contributed by atoms with Crippen molar-refractivity contribution >= 4 is 29.9 Å². The molecule has 0 aromatic heterocycles. The number of fused-ring (bicyclic) bond motifs is 1. The first kappa shape index (κ1) is 17.8. The lowest BCUT2D eigenvalue weighted by molar-refractivity contribution is -0.126. The zero-order valence-corrected chi connectivity index (χ0v) is 14.0. The Morgan fingerprint density at radius 2 is 2.04 bits per heavy atom. The van der Waals surface area contributed by atoms with Crippen molar-refractivity contribution in [3.8, 4) is 0 Å². The van der Waals surface area contributed by atoms with Crippen LogP contribution < -0.4 is 15.5 Å². The third-order valence-electron chi connectivity index (χ3n) is 4.45. The van der Waals surface area contributed by atoms with Crippen molar-refractivity contribution in [2.24, 2.45) is 0 Å². The van der Waals surface area contributed by atoms with E-state index in [1.165, 1.54) is 5.56 Å². The lowest BCUT2D eigenvalue weighted by Gasteiger charge is -2.30. The van der Waals surface area contributed by atoms with Crippen molar-refractivity contribution in [3.63, 3.8) is 0 Å². The van der Waals surface area contributed by atoms with E-state index in [1.807, 2.05) is 18.2 Å². The fourth-order valence-electron chi connectivity index (χ4n) is 3.25. The Hall–Kier alpha value is -1.59. The molecule has 1 unspecified atom stereocenters. The van der Waals surface area contributed by atoms with Gasteiger partial charge in [0.1, 0.15) is 0 Å². The third kappa shape index (κ3) is 4.24. The van der Waals surface area contributed by atoms with E-state index in [-0.39, 0.29) is 36.8 Å². The van der Waals surface area contributed by atoms with Crippen LogP contribution in [0, 0.1) is 0 Å². The van der Waals surface area contributed by atoms with E-state index in [0.29, 0.717) is 0 Å². The summed E-state index contributed by atoms with van der Waals surface area (Å²) in [7, 11) is 0. The molecule has 5 nitrogen and oxygen atoms in total. The van der Waals surface area contributed by atoms with Crippen molar-refractivity contribution < 1.29 is 9.59 Å². The highest BCUT2D eigenvalue weighted by molar-refractivity contribution is 5.98. The number of benzene rings is 1. The highest BCUT2D eigenvalue weighted by atomic mass is 35.5. The zero-order chi connectivity index (χ0) is 15.4. The van der Waals surface area contributed by atoms with Gasteiger partial charge in [0.25, 0.3) is 0 Å². The number of hydrogen-bond donors (Lipinski definition) is 2. The largest absolute Gasteiger partial charge is 0.346 e. The summed E-state index contributed by atoms with van der Waals surface area (Å²) in [5.41, 5.74) is 2.20. The molecule has 0 spiro atoms. The molecule has 2 amide bonds. The molecule has 1 aromatic rings. The quantitative estimate of drug-likeness (QED) is 0.881. The lowest BCUT2D eigenvalue weighted by atomic mass is 10.0. The van der Waals surface area contributed by atoms with Gasteiger partial charge in [0.2, 0.25) is 11.8 Å². The van der Waals surface area contributed by atoms with Crippen molar-refractivity contribution in [2.75, 3.05) is 24.5 Å². The fourth-order valence-corrected chi connectivity index (χ4v) is 3.25. The number of rotatable bonds is 3. The zero-order valence-electron chi connectivity index (χ0n) is 13.2. The molecule has 0 bridgehead atoms. The van der Waals surface area contributed by atoms with Gasteiger partial charge in [-0.15, -0.1) is 12.4 Å². The summed E-state index contributed by atoms with van der Waals surface area (Å²) in [6, 6.07) is 7.87. The van der Waals surface area contributed by atoms with Gasteiger partial charge in [-0.05, 0) is 43.9 Å². The Bertz CT molecular complexity index is 559. The number of anilines is 1. The average molecular weight is 338 g/mol. The van der Waals surface area contributed by atoms with Crippen LogP contribution in [0.25, 0.3) is 0 Å². The SMILES string of the molecule is Cl.O=C(NCC(=O)N1CCCc2ccccc21)C1CCCCN1. The second-order valence-corrected chi connectivity index (χ2v) is 6.00. The van der Waals surface area contributed by atoms with Crippen molar-refractivity contribution in [1.29, 1.82) is 0 Å². The predicted octanol–water partition coefficient (Wildman–Crippen LogP) is 1.65. The molecule has 6 heteroatoms. The minimum Gasteiger partial charge on any atom is -0.346 e. The van der Waals surface area contributed by atoms with E-state index in [9.17, 15) is 9.59 Å². The highest BCUT2D eigenvalue weighted by Gasteiger charge is 2.24. The normalized spacial score (nSPS) is 20.2. The number of nitrogens with one attached hydrogen (secondary N) is 2. The second-order valence-electron chi connectivity index (χ2n) is 6.00. The van der Waals surface area contributed by atoms with Gasteiger partial charge in [0.15, 0.2) is 0 Å². The molecule has 2 N–H and O–H groups in total. The molecule has 2 aliphatic heterocycles. The minimum absolute atomic E-state index is 0. The summed E-state index contributed by atoms with van der Waals surface area (Å²) in [5.74, 6) is -0.0883. The van der Waals surface area contributed by atoms with Crippen LogP contribution in [0.4, 0.5) is 5.69 Å². The number of aryl methyl sites for hydroxylation is 1. The second kappa shape index (κ2) is 8.31. The summed E-state index contributed by atoms with van der Waals surface area (Å²) in [4.78, 5) is 26.3. The van der Waals surface area contributed by atoms with Crippen molar-refractivity contribution in [1.82, 2.24) is 10.6 Å². The van der Waals surface area contributed by atoms with Crippen LogP contribution in [0.1, 0.15) is 31.2 Å². The van der Waals surface area contributed by atoms with Gasteiger partial charge in [0.05, 0.1) is 12.6 Å². The molecule has 2 heterocycles. The molecular formula is C17H24ClN3O2. The summed E-state index contributed by atoms with van der Waals surface area (Å²) < 4.78 is 0. The number of piperidine rings is 1. The van der Waals surface area contributed by atoms with Gasteiger partial charge in [-0.25, -0.2) is 0 Å². The van der Waals surface area contributed by atoms with Crippen molar-refractivity contribution in [3.05, 3.63) is 29.8 Å². The predicted molar refractivity (Wildman–Crippen MR) is 93.0 cm³/mol. The van der Waals surface area contributed by atoms with E-state index in [0.717, 1.165) is 50.9 Å². The first-order chi connectivity index (χ1) is 10.8. The number of carbonyl (C=O) groups is 2. The summed E-state index contributed by atoms with van der Waals surface area (Å²) in [6.45, 7) is 1.68. The molecule has 0 aliphatic carbocycles. The lowest BCUT2D eigenvalue weighted by Crippen LogP contribution is -2.50. The van der Waals surface area contributed by atoms with Gasteiger partial charge in [-0.3, -0.25) is 9.59 Å². The standard InChI is InChI=1S/C17H23N3O2.ClH/c21-16(12-19-17(22)14-8-3-4-10-18-14)20-11-5-7-13-6-1-2-9-15(13)20;/h1-2,6,9,14,18H,3-5,7-8,10-12H2,(H,19,22);1H. The molecule has 1 atom stereocenters. The van der Waals surface area contributed by atoms with E-state index in [2.05, 4.69) is 16.7 Å². The van der Waals surface area contributed by atoms with Gasteiger partial charge < -0.3 is 15.5 Å². The highest BCUT2D eigenvalue weighted by Crippen LogP contribution is 2.26. The average Bonchev–Trinajstić information content (AvgIpc) is 2.59. The molecule has 1 fully saturated rings. The fraction of sp³-hybridized carbons (Fsp3) is 0.529. The molecule has 0 radical (unpaired) electrons. The first-order valence-corrected chi connectivity index (χ1v) is 8.15. The topological polar surface area (TPSA) is 61.4 Å². The first-order valence-electron chi connectivity index (χ1n) is 8.15. The number of carbonyl (C=O) groups excluding carboxylic acids is 2. The van der Waals surface area contributed by atoms with Gasteiger partial charge >= 0.3 is 0 Å². The van der Waals surface area contributed by atoms with E-state index < -0.39 is 0 Å². The molecule has 0 saturated carbocycles. The maximum absolute atomic E-state index is 12.4. The Balaban J connectivity index is 0.00000192. The molecule has 1 aromatic carbocycles. The number of hydrogen-bond acceptors (Lipinski definition) is 3. The van der Waals surface area contributed by atoms with Crippen LogP contribution >= 0.6 is 12.4 Å². The molecule has 1 saturated heterocycles. The Morgan fingerprint density at radius 3 is 2.83 bits per heavy atom. The minimum atomic E-state index is -0.143. The Morgan fingerprint density at radius 1 is 1.22 bits per heavy atom. The molecule has 3 rings (SSSR count). The molecule has 23 heavy (non-hydrogen) atoms. The number of para-hydroxylation sites is 1. The molecular weight excluding hydrogens is 314 g/mol. The van der Waals surface area contributed by atoms with Crippen LogP contribution in [0.15, 0.2) is 24.3 Å². The number of halogens is 1. The summed E-state index contributed by atoms with van der Waals surface area (Å²) in [6.07, 6.45) is 5.03. The van der Waals surface area contributed by atoms with Crippen LogP contribution in [-0.2, 0) is 16.0 Å². The van der Waals surface area contributed by atoms with Crippen LogP contribution in [0.2, 0.25) is 0 Å². The maximum Gasteiger partial charge on any atom is 0.246 e. The molecule has 126 valence electrons. The smallest absolute Gasteiger partial charge is 0.246 e. The number of nitrogens with zero attached hydrogens (tertiary/aromatic N) is 1. The Kier molecular flexibility index (Phi) is 6.42. The molecule has 2 aliphatic rings. The van der Waals surface area contributed by atoms with Crippen LogP contribution in [-0.4, -0.2) is 37.5 Å². The summed E-state index contributed by atoms with van der Waals surface area (Å²) >= 11 is 0. The third-order valence-corrected chi connectivity index (χ3v) is 4.45. The van der Waals surface area contributed by atoms with Gasteiger partial charge in [0, 0.05) is 12.2 Å². The Labute approximate surface area is 143 Å². The van der Waals surface area contributed by atoms with E-state index in [1.54, 1.807) is 4.90 Å². The van der Waals surface area contributed by atoms with E-state index >= 15 is 0 Å².